The van der Waals surface area contributed by atoms with Gasteiger partial charge in [-0.15, -0.1) is 0 Å². The summed E-state index contributed by atoms with van der Waals surface area (Å²) in [5.41, 5.74) is 3.39. The minimum Gasteiger partial charge on any atom is -0.294 e. The Labute approximate surface area is 146 Å². The first-order chi connectivity index (χ1) is 11.6. The van der Waals surface area contributed by atoms with Crippen LogP contribution in [-0.2, 0) is 0 Å². The molecule has 1 saturated carbocycles. The van der Waals surface area contributed by atoms with Gasteiger partial charge in [0.15, 0.2) is 5.78 Å². The first-order valence-corrected chi connectivity index (χ1v) is 9.36. The number of fused-ring (bicyclic) bond motifs is 1. The number of hydrazone groups is 1. The summed E-state index contributed by atoms with van der Waals surface area (Å²) in [6, 6.07) is 10.8. The lowest BCUT2D eigenvalue weighted by Crippen LogP contribution is -2.27. The fraction of sp³-hybridized carbons (Fsp3) is 0.421. The lowest BCUT2D eigenvalue weighted by Gasteiger charge is -2.28. The van der Waals surface area contributed by atoms with E-state index >= 15 is 0 Å². The van der Waals surface area contributed by atoms with E-state index in [0.717, 1.165) is 22.1 Å². The van der Waals surface area contributed by atoms with Gasteiger partial charge in [0.1, 0.15) is 0 Å². The summed E-state index contributed by atoms with van der Waals surface area (Å²) < 4.78 is 0. The van der Waals surface area contributed by atoms with E-state index in [0.29, 0.717) is 5.92 Å². The monoisotopic (exact) mass is 339 g/mol. The second kappa shape index (κ2) is 6.13. The number of rotatable bonds is 3. The molecule has 2 heterocycles. The minimum atomic E-state index is 0.0803. The van der Waals surface area contributed by atoms with Gasteiger partial charge in [0.2, 0.25) is 5.13 Å². The Bertz CT molecular complexity index is 796. The van der Waals surface area contributed by atoms with E-state index in [1.165, 1.54) is 41.9 Å². The zero-order valence-corrected chi connectivity index (χ0v) is 14.8. The molecule has 0 spiro atoms. The van der Waals surface area contributed by atoms with Crippen LogP contribution in [0.4, 0.5) is 5.13 Å². The molecule has 0 radical (unpaired) electrons. The molecule has 0 saturated heterocycles. The molecule has 0 amide bonds. The average Bonchev–Trinajstić information content (AvgIpc) is 3.16. The Hall–Kier alpha value is -2.01. The summed E-state index contributed by atoms with van der Waals surface area (Å²) in [6.07, 6.45) is 4.74. The number of aromatic nitrogens is 1. The van der Waals surface area contributed by atoms with Crippen LogP contribution in [0, 0.1) is 12.8 Å². The van der Waals surface area contributed by atoms with Gasteiger partial charge in [-0.3, -0.25) is 4.79 Å². The van der Waals surface area contributed by atoms with Crippen molar-refractivity contribution in [1.82, 2.24) is 4.98 Å². The summed E-state index contributed by atoms with van der Waals surface area (Å²) in [6.45, 7) is 3.51. The van der Waals surface area contributed by atoms with Gasteiger partial charge in [0.25, 0.3) is 0 Å². The Kier molecular flexibility index (Phi) is 3.96. The maximum Gasteiger partial charge on any atom is 0.207 e. The third-order valence-corrected chi connectivity index (χ3v) is 6.20. The van der Waals surface area contributed by atoms with E-state index in [1.807, 2.05) is 13.0 Å². The zero-order valence-electron chi connectivity index (χ0n) is 14.0. The molecule has 1 aromatic carbocycles. The zero-order chi connectivity index (χ0) is 16.7. The highest BCUT2D eigenvalue weighted by molar-refractivity contribution is 7.17. The first kappa shape index (κ1) is 15.5. The average molecular weight is 339 g/mol. The van der Waals surface area contributed by atoms with Gasteiger partial charge in [-0.25, -0.2) is 9.99 Å². The van der Waals surface area contributed by atoms with Crippen molar-refractivity contribution in [3.05, 3.63) is 46.5 Å². The van der Waals surface area contributed by atoms with Crippen LogP contribution in [0.3, 0.4) is 0 Å². The third-order valence-electron chi connectivity index (χ3n) is 4.95. The van der Waals surface area contributed by atoms with Crippen LogP contribution in [0.25, 0.3) is 0 Å². The summed E-state index contributed by atoms with van der Waals surface area (Å²) >= 11 is 1.47. The van der Waals surface area contributed by atoms with Crippen LogP contribution in [0.2, 0.25) is 0 Å². The van der Waals surface area contributed by atoms with Crippen molar-refractivity contribution in [3.8, 4) is 0 Å². The topological polar surface area (TPSA) is 45.6 Å². The van der Waals surface area contributed by atoms with Crippen molar-refractivity contribution in [2.75, 3.05) is 5.01 Å². The molecule has 4 nitrogen and oxygen atoms in total. The smallest absolute Gasteiger partial charge is 0.207 e. The van der Waals surface area contributed by atoms with Gasteiger partial charge in [0, 0.05) is 18.6 Å². The van der Waals surface area contributed by atoms with E-state index in [9.17, 15) is 4.79 Å². The van der Waals surface area contributed by atoms with Crippen LogP contribution >= 0.6 is 11.3 Å². The third kappa shape index (κ3) is 2.57. The van der Waals surface area contributed by atoms with Crippen LogP contribution in [0.5, 0.6) is 0 Å². The number of carbonyl (C=O) groups is 1. The second-order valence-electron chi connectivity index (χ2n) is 6.61. The number of aryl methyl sites for hydroxylation is 1. The summed E-state index contributed by atoms with van der Waals surface area (Å²) in [5, 5.41) is 7.85. The van der Waals surface area contributed by atoms with E-state index in [1.54, 1.807) is 6.92 Å². The highest BCUT2D eigenvalue weighted by atomic mass is 32.1. The number of anilines is 1. The highest BCUT2D eigenvalue weighted by Gasteiger charge is 2.41. The number of ketones is 1. The quantitative estimate of drug-likeness (QED) is 0.757. The maximum atomic E-state index is 11.8. The summed E-state index contributed by atoms with van der Waals surface area (Å²) in [5.74, 6) is 0.544. The van der Waals surface area contributed by atoms with E-state index < -0.39 is 0 Å². The van der Waals surface area contributed by atoms with Crippen LogP contribution in [0.1, 0.15) is 59.6 Å². The van der Waals surface area contributed by atoms with Gasteiger partial charge < -0.3 is 0 Å². The molecule has 24 heavy (non-hydrogen) atoms. The van der Waals surface area contributed by atoms with Gasteiger partial charge in [-0.2, -0.15) is 5.10 Å². The molecule has 0 unspecified atom stereocenters. The molecule has 1 aliphatic carbocycles. The predicted molar refractivity (Wildman–Crippen MR) is 97.9 cm³/mol. The molecule has 2 atom stereocenters. The van der Waals surface area contributed by atoms with Gasteiger partial charge in [0.05, 0.1) is 16.6 Å². The lowest BCUT2D eigenvalue weighted by molar-refractivity contribution is 0.102. The Morgan fingerprint density at radius 3 is 2.75 bits per heavy atom. The molecule has 4 rings (SSSR count). The Morgan fingerprint density at radius 1 is 1.25 bits per heavy atom. The van der Waals surface area contributed by atoms with E-state index in [2.05, 4.69) is 34.3 Å². The molecular formula is C19H21N3OS. The van der Waals surface area contributed by atoms with E-state index in [-0.39, 0.29) is 11.8 Å². The molecule has 2 aromatic rings. The number of benzene rings is 1. The van der Waals surface area contributed by atoms with Crippen molar-refractivity contribution in [3.63, 3.8) is 0 Å². The molecule has 0 N–H and O–H groups in total. The largest absolute Gasteiger partial charge is 0.294 e. The number of thiazole rings is 1. The predicted octanol–water partition coefficient (Wildman–Crippen LogP) is 4.76. The van der Waals surface area contributed by atoms with Crippen LogP contribution in [-0.4, -0.2) is 16.5 Å². The number of hydrogen-bond donors (Lipinski definition) is 0. The van der Waals surface area contributed by atoms with E-state index in [4.69, 9.17) is 5.10 Å². The van der Waals surface area contributed by atoms with Crippen LogP contribution < -0.4 is 5.01 Å². The van der Waals surface area contributed by atoms with Gasteiger partial charge in [-0.05, 0) is 31.7 Å². The highest BCUT2D eigenvalue weighted by Crippen LogP contribution is 2.45. The van der Waals surface area contributed by atoms with Crippen molar-refractivity contribution in [1.29, 1.82) is 0 Å². The SMILES string of the molecule is CC(=O)c1sc(N2N=C3CCCC[C@H]3[C@H]2c2ccccc2)nc1C. The molecule has 1 aliphatic heterocycles. The number of hydrogen-bond acceptors (Lipinski definition) is 5. The van der Waals surface area contributed by atoms with Crippen molar-refractivity contribution in [2.45, 2.75) is 45.6 Å². The molecule has 1 aromatic heterocycles. The molecule has 5 heteroatoms. The molecule has 124 valence electrons. The Morgan fingerprint density at radius 2 is 2.04 bits per heavy atom. The normalized spacial score (nSPS) is 23.1. The molecule has 1 fully saturated rings. The van der Waals surface area contributed by atoms with Gasteiger partial charge in [-0.1, -0.05) is 48.1 Å². The molecule has 0 bridgehead atoms. The lowest BCUT2D eigenvalue weighted by atomic mass is 9.80. The summed E-state index contributed by atoms with van der Waals surface area (Å²) in [7, 11) is 0. The number of carbonyl (C=O) groups excluding carboxylic acids is 1. The van der Waals surface area contributed by atoms with Gasteiger partial charge >= 0.3 is 0 Å². The standard InChI is InChI=1S/C19H21N3OS/c1-12-18(13(2)23)24-19(20-12)22-17(14-8-4-3-5-9-14)15-10-6-7-11-16(15)21-22/h3-5,8-9,15,17H,6-7,10-11H2,1-2H3/t15-,17-/m1/s1. The maximum absolute atomic E-state index is 11.8. The first-order valence-electron chi connectivity index (χ1n) is 8.55. The number of Topliss-reactive ketones (excluding diaryl/α,β-unsaturated/α-hetero) is 1. The summed E-state index contributed by atoms with van der Waals surface area (Å²) in [4.78, 5) is 17.2. The Balaban J connectivity index is 1.78. The fourth-order valence-corrected chi connectivity index (χ4v) is 4.80. The van der Waals surface area contributed by atoms with Crippen molar-refractivity contribution in [2.24, 2.45) is 11.0 Å². The number of nitrogens with zero attached hydrogens (tertiary/aromatic N) is 3. The van der Waals surface area contributed by atoms with Crippen molar-refractivity contribution >= 4 is 28.0 Å². The minimum absolute atomic E-state index is 0.0803. The molecule has 2 aliphatic rings. The fourth-order valence-electron chi connectivity index (χ4n) is 3.85. The van der Waals surface area contributed by atoms with Crippen LogP contribution in [0.15, 0.2) is 35.4 Å². The molecular weight excluding hydrogens is 318 g/mol. The second-order valence-corrected chi connectivity index (χ2v) is 7.59. The van der Waals surface area contributed by atoms with Crippen molar-refractivity contribution < 1.29 is 4.79 Å².